The first-order chi connectivity index (χ1) is 14.3. The monoisotopic (exact) mass is 435 g/mol. The first kappa shape index (κ1) is 20.9. The summed E-state index contributed by atoms with van der Waals surface area (Å²) in [5.41, 5.74) is 0.347. The lowest BCUT2D eigenvalue weighted by atomic mass is 10.1. The molecule has 0 aromatic carbocycles. The molecule has 0 radical (unpaired) electrons. The van der Waals surface area contributed by atoms with Gasteiger partial charge in [-0.05, 0) is 51.7 Å². The molecule has 0 atom stereocenters. The molecule has 8 nitrogen and oxygen atoms in total. The van der Waals surface area contributed by atoms with Crippen LogP contribution in [0.25, 0.3) is 11.3 Å². The molecule has 0 bridgehead atoms. The van der Waals surface area contributed by atoms with Gasteiger partial charge in [-0.15, -0.1) is 0 Å². The summed E-state index contributed by atoms with van der Waals surface area (Å²) in [6.07, 6.45) is 6.07. The number of piperidine rings is 1. The van der Waals surface area contributed by atoms with E-state index in [0.29, 0.717) is 43.1 Å². The lowest BCUT2D eigenvalue weighted by Gasteiger charge is -2.31. The standard InChI is InChI=1S/C20H26FN5O3S/c1-13(2)26-12-14(11-17(21)19(26)27)18-5-8-22-20(24-18)23-15-6-9-25(10-7-15)30(28,29)16-3-4-16/h5,8,11-13,15-16H,3-4,6-7,9-10H2,1-2H3,(H,22,23,24). The Morgan fingerprint density at radius 1 is 1.20 bits per heavy atom. The van der Waals surface area contributed by atoms with Gasteiger partial charge in [-0.3, -0.25) is 4.79 Å². The van der Waals surface area contributed by atoms with Crippen LogP contribution in [-0.4, -0.2) is 51.6 Å². The Labute approximate surface area is 175 Å². The molecule has 3 heterocycles. The molecule has 2 aromatic rings. The molecule has 2 aliphatic rings. The maximum atomic E-state index is 14.1. The lowest BCUT2D eigenvalue weighted by molar-refractivity contribution is 0.328. The Bertz CT molecular complexity index is 1090. The van der Waals surface area contributed by atoms with Gasteiger partial charge in [-0.25, -0.2) is 27.1 Å². The number of anilines is 1. The van der Waals surface area contributed by atoms with Crippen molar-refractivity contribution < 1.29 is 12.8 Å². The third kappa shape index (κ3) is 4.24. The van der Waals surface area contributed by atoms with Crippen molar-refractivity contribution in [2.75, 3.05) is 18.4 Å². The minimum atomic E-state index is -3.14. The number of sulfonamides is 1. The van der Waals surface area contributed by atoms with Crippen molar-refractivity contribution in [3.8, 4) is 11.3 Å². The number of nitrogens with zero attached hydrogens (tertiary/aromatic N) is 4. The van der Waals surface area contributed by atoms with Crippen LogP contribution in [0.2, 0.25) is 0 Å². The van der Waals surface area contributed by atoms with E-state index in [-0.39, 0.29) is 17.3 Å². The summed E-state index contributed by atoms with van der Waals surface area (Å²) in [5, 5.41) is 3.08. The van der Waals surface area contributed by atoms with Gasteiger partial charge in [0.1, 0.15) is 0 Å². The maximum absolute atomic E-state index is 14.1. The second-order valence-electron chi connectivity index (χ2n) is 8.21. The van der Waals surface area contributed by atoms with Crippen molar-refractivity contribution in [1.82, 2.24) is 18.8 Å². The van der Waals surface area contributed by atoms with E-state index in [1.165, 1.54) is 10.6 Å². The van der Waals surface area contributed by atoms with E-state index in [0.717, 1.165) is 12.8 Å². The van der Waals surface area contributed by atoms with E-state index in [9.17, 15) is 17.6 Å². The first-order valence-electron chi connectivity index (χ1n) is 10.3. The van der Waals surface area contributed by atoms with Gasteiger partial charge >= 0.3 is 0 Å². The summed E-state index contributed by atoms with van der Waals surface area (Å²) >= 11 is 0. The summed E-state index contributed by atoms with van der Waals surface area (Å²) in [4.78, 5) is 20.7. The second-order valence-corrected chi connectivity index (χ2v) is 10.4. The highest BCUT2D eigenvalue weighted by Crippen LogP contribution is 2.32. The smallest absolute Gasteiger partial charge is 0.286 e. The highest BCUT2D eigenvalue weighted by molar-refractivity contribution is 7.90. The van der Waals surface area contributed by atoms with E-state index >= 15 is 0 Å². The summed E-state index contributed by atoms with van der Waals surface area (Å²) < 4.78 is 41.8. The Balaban J connectivity index is 1.47. The van der Waals surface area contributed by atoms with E-state index in [1.54, 1.807) is 22.8 Å². The van der Waals surface area contributed by atoms with Gasteiger partial charge in [0.2, 0.25) is 16.0 Å². The van der Waals surface area contributed by atoms with Crippen molar-refractivity contribution >= 4 is 16.0 Å². The largest absolute Gasteiger partial charge is 0.351 e. The molecule has 1 aliphatic heterocycles. The fourth-order valence-corrected chi connectivity index (χ4v) is 5.57. The van der Waals surface area contributed by atoms with Crippen LogP contribution >= 0.6 is 0 Å². The quantitative estimate of drug-likeness (QED) is 0.748. The zero-order chi connectivity index (χ0) is 21.5. The molecule has 0 unspecified atom stereocenters. The minimum absolute atomic E-state index is 0.0623. The van der Waals surface area contributed by atoms with Crippen molar-refractivity contribution in [1.29, 1.82) is 0 Å². The number of aromatic nitrogens is 3. The molecule has 1 saturated heterocycles. The highest BCUT2D eigenvalue weighted by atomic mass is 32.2. The molecule has 10 heteroatoms. The van der Waals surface area contributed by atoms with E-state index < -0.39 is 21.4 Å². The molecule has 1 N–H and O–H groups in total. The molecule has 1 aliphatic carbocycles. The van der Waals surface area contributed by atoms with Crippen LogP contribution in [0.1, 0.15) is 45.6 Å². The van der Waals surface area contributed by atoms with E-state index in [4.69, 9.17) is 0 Å². The van der Waals surface area contributed by atoms with Crippen LogP contribution < -0.4 is 10.9 Å². The predicted octanol–water partition coefficient (Wildman–Crippen LogP) is 2.39. The molecule has 2 aromatic heterocycles. The second kappa shape index (κ2) is 8.07. The van der Waals surface area contributed by atoms with Crippen molar-refractivity contribution in [2.45, 2.75) is 56.9 Å². The average Bonchev–Trinajstić information content (AvgIpc) is 3.56. The molecule has 2 fully saturated rings. The summed E-state index contributed by atoms with van der Waals surface area (Å²) in [6.45, 7) is 4.60. The number of pyridine rings is 1. The van der Waals surface area contributed by atoms with Crippen LogP contribution in [-0.2, 0) is 10.0 Å². The Hall–Kier alpha value is -2.33. The number of hydrogen-bond acceptors (Lipinski definition) is 6. The van der Waals surface area contributed by atoms with Gasteiger partial charge < -0.3 is 9.88 Å². The van der Waals surface area contributed by atoms with Gasteiger partial charge in [0.25, 0.3) is 5.56 Å². The van der Waals surface area contributed by atoms with Gasteiger partial charge in [-0.2, -0.15) is 0 Å². The molecule has 1 saturated carbocycles. The van der Waals surface area contributed by atoms with Crippen molar-refractivity contribution in [3.63, 3.8) is 0 Å². The lowest BCUT2D eigenvalue weighted by Crippen LogP contribution is -2.43. The molecule has 162 valence electrons. The third-order valence-corrected chi connectivity index (χ3v) is 8.00. The molecule has 4 rings (SSSR count). The van der Waals surface area contributed by atoms with Gasteiger partial charge in [-0.1, -0.05) is 0 Å². The molecule has 0 spiro atoms. The zero-order valence-electron chi connectivity index (χ0n) is 17.1. The minimum Gasteiger partial charge on any atom is -0.351 e. The summed E-state index contributed by atoms with van der Waals surface area (Å²) in [5.74, 6) is -0.419. The summed E-state index contributed by atoms with van der Waals surface area (Å²) in [7, 11) is -3.14. The highest BCUT2D eigenvalue weighted by Gasteiger charge is 2.41. The SMILES string of the molecule is CC(C)n1cc(-c2ccnc(NC3CCN(S(=O)(=O)C4CC4)CC3)n2)cc(F)c1=O. The third-order valence-electron chi connectivity index (χ3n) is 5.60. The van der Waals surface area contributed by atoms with Gasteiger partial charge in [0.05, 0.1) is 10.9 Å². The molecular weight excluding hydrogens is 409 g/mol. The van der Waals surface area contributed by atoms with Crippen LogP contribution in [0.5, 0.6) is 0 Å². The molecular formula is C20H26FN5O3S. The van der Waals surface area contributed by atoms with Crippen LogP contribution in [0.3, 0.4) is 0 Å². The Morgan fingerprint density at radius 2 is 1.90 bits per heavy atom. The average molecular weight is 436 g/mol. The van der Waals surface area contributed by atoms with Crippen molar-refractivity contribution in [3.05, 3.63) is 40.7 Å². The number of nitrogens with one attached hydrogen (secondary N) is 1. The van der Waals surface area contributed by atoms with Gasteiger partial charge in [0, 0.05) is 43.1 Å². The Morgan fingerprint density at radius 3 is 2.53 bits per heavy atom. The van der Waals surface area contributed by atoms with Crippen LogP contribution in [0.4, 0.5) is 10.3 Å². The van der Waals surface area contributed by atoms with Crippen LogP contribution in [0, 0.1) is 5.82 Å². The normalized spacial score (nSPS) is 18.7. The fourth-order valence-electron chi connectivity index (χ4n) is 3.69. The van der Waals surface area contributed by atoms with Crippen molar-refractivity contribution in [2.24, 2.45) is 0 Å². The number of hydrogen-bond donors (Lipinski definition) is 1. The molecule has 0 amide bonds. The number of halogens is 1. The zero-order valence-corrected chi connectivity index (χ0v) is 17.9. The maximum Gasteiger partial charge on any atom is 0.286 e. The van der Waals surface area contributed by atoms with E-state index in [2.05, 4.69) is 15.3 Å². The predicted molar refractivity (Wildman–Crippen MR) is 112 cm³/mol. The fraction of sp³-hybridized carbons (Fsp3) is 0.550. The number of rotatable bonds is 6. The topological polar surface area (TPSA) is 97.2 Å². The van der Waals surface area contributed by atoms with Crippen LogP contribution in [0.15, 0.2) is 29.3 Å². The summed E-state index contributed by atoms with van der Waals surface area (Å²) in [6, 6.07) is 2.74. The van der Waals surface area contributed by atoms with E-state index in [1.807, 2.05) is 13.8 Å². The van der Waals surface area contributed by atoms with Gasteiger partial charge in [0.15, 0.2) is 5.82 Å². The first-order valence-corrected chi connectivity index (χ1v) is 11.8. The molecule has 30 heavy (non-hydrogen) atoms. The Kier molecular flexibility index (Phi) is 5.63.